The first-order chi connectivity index (χ1) is 31.7. The highest BCUT2D eigenvalue weighted by Crippen LogP contribution is 2.23. The molecule has 8 rings (SSSR count). The van der Waals surface area contributed by atoms with Crippen LogP contribution in [-0.2, 0) is 18.9 Å². The van der Waals surface area contributed by atoms with Gasteiger partial charge in [-0.2, -0.15) is 0 Å². The molecule has 6 aromatic carbocycles. The van der Waals surface area contributed by atoms with Crippen molar-refractivity contribution in [2.45, 2.75) is 31.7 Å². The number of aliphatic hydroxyl groups is 2. The van der Waals surface area contributed by atoms with Gasteiger partial charge in [0, 0.05) is 15.1 Å². The monoisotopic (exact) mass is 952 g/mol. The van der Waals surface area contributed by atoms with Gasteiger partial charge in [-0.05, 0) is 111 Å². The molecule has 2 N–H and O–H groups in total. The van der Waals surface area contributed by atoms with E-state index in [2.05, 4.69) is 31.2 Å². The van der Waals surface area contributed by atoms with Crippen molar-refractivity contribution in [2.24, 2.45) is 0 Å². The van der Waals surface area contributed by atoms with Gasteiger partial charge in [0.1, 0.15) is 6.10 Å². The van der Waals surface area contributed by atoms with Crippen LogP contribution < -0.4 is 0 Å². The number of halogens is 4. The SMILES string of the molecule is CC[C@H]1CO1.Clc1ccc(/C=C(/COC[C@H]2CO2)c2ccccc2)cc1.OC/C(=C/c1ccc(Cl)cc1)c1ccccc1.O[C@H](CCl)COC/C(=C/c1ccc(Cl)cc1)c1ccccc1. The summed E-state index contributed by atoms with van der Waals surface area (Å²) >= 11 is 23.2. The minimum Gasteiger partial charge on any atom is -0.392 e. The fourth-order valence-corrected chi connectivity index (χ4v) is 6.46. The maximum atomic E-state index is 9.47. The molecular formula is C55H56Cl4O6. The van der Waals surface area contributed by atoms with Crippen molar-refractivity contribution in [3.05, 3.63) is 212 Å². The van der Waals surface area contributed by atoms with Crippen LogP contribution >= 0.6 is 46.4 Å². The van der Waals surface area contributed by atoms with Crippen LogP contribution in [0.15, 0.2) is 164 Å². The van der Waals surface area contributed by atoms with Gasteiger partial charge in [-0.15, -0.1) is 11.6 Å². The molecule has 0 aliphatic carbocycles. The predicted molar refractivity (Wildman–Crippen MR) is 273 cm³/mol. The van der Waals surface area contributed by atoms with E-state index in [1.165, 1.54) is 12.0 Å². The Kier molecular flexibility index (Phi) is 23.1. The van der Waals surface area contributed by atoms with Gasteiger partial charge in [0.25, 0.3) is 0 Å². The van der Waals surface area contributed by atoms with Gasteiger partial charge in [0.15, 0.2) is 0 Å². The fraction of sp³-hybridized carbons (Fsp3) is 0.236. The Balaban J connectivity index is 0.000000174. The van der Waals surface area contributed by atoms with Gasteiger partial charge >= 0.3 is 0 Å². The summed E-state index contributed by atoms with van der Waals surface area (Å²) in [7, 11) is 0. The van der Waals surface area contributed by atoms with Crippen LogP contribution in [0.4, 0.5) is 0 Å². The van der Waals surface area contributed by atoms with Gasteiger partial charge in [-0.1, -0.05) is 169 Å². The third-order valence-corrected chi connectivity index (χ3v) is 10.9. The topological polar surface area (TPSA) is 84.0 Å². The number of hydrogen-bond donors (Lipinski definition) is 2. The van der Waals surface area contributed by atoms with E-state index in [0.717, 1.165) is 62.8 Å². The molecule has 2 fully saturated rings. The predicted octanol–water partition coefficient (Wildman–Crippen LogP) is 13.5. The van der Waals surface area contributed by atoms with Crippen LogP contribution in [0.3, 0.4) is 0 Å². The second kappa shape index (κ2) is 29.2. The molecule has 0 aromatic heterocycles. The molecule has 6 nitrogen and oxygen atoms in total. The second-order valence-electron chi connectivity index (χ2n) is 15.1. The lowest BCUT2D eigenvalue weighted by molar-refractivity contribution is 0.0642. The van der Waals surface area contributed by atoms with E-state index in [0.29, 0.717) is 36.0 Å². The lowest BCUT2D eigenvalue weighted by atomic mass is 10.0. The van der Waals surface area contributed by atoms with E-state index >= 15 is 0 Å². The molecule has 2 heterocycles. The van der Waals surface area contributed by atoms with Crippen molar-refractivity contribution in [3.63, 3.8) is 0 Å². The van der Waals surface area contributed by atoms with E-state index in [-0.39, 0.29) is 25.2 Å². The minimum atomic E-state index is -0.644. The summed E-state index contributed by atoms with van der Waals surface area (Å²) in [6.45, 7) is 5.84. The van der Waals surface area contributed by atoms with Crippen LogP contribution in [-0.4, -0.2) is 80.7 Å². The summed E-state index contributed by atoms with van der Waals surface area (Å²) in [4.78, 5) is 0. The summed E-state index contributed by atoms with van der Waals surface area (Å²) in [5.41, 5.74) is 9.56. The highest BCUT2D eigenvalue weighted by Gasteiger charge is 2.22. The van der Waals surface area contributed by atoms with E-state index in [9.17, 15) is 10.2 Å². The van der Waals surface area contributed by atoms with Crippen molar-refractivity contribution in [3.8, 4) is 0 Å². The van der Waals surface area contributed by atoms with Crippen molar-refractivity contribution in [1.29, 1.82) is 0 Å². The van der Waals surface area contributed by atoms with E-state index in [4.69, 9.17) is 65.4 Å². The molecule has 65 heavy (non-hydrogen) atoms. The molecule has 0 unspecified atom stereocenters. The largest absolute Gasteiger partial charge is 0.392 e. The highest BCUT2D eigenvalue weighted by molar-refractivity contribution is 6.31. The molecule has 2 saturated heterocycles. The molecule has 0 saturated carbocycles. The van der Waals surface area contributed by atoms with Gasteiger partial charge in [-0.3, -0.25) is 0 Å². The molecular weight excluding hydrogens is 898 g/mol. The van der Waals surface area contributed by atoms with Crippen LogP contribution in [0.5, 0.6) is 0 Å². The van der Waals surface area contributed by atoms with Crippen molar-refractivity contribution in [1.82, 2.24) is 0 Å². The second-order valence-corrected chi connectivity index (χ2v) is 16.7. The van der Waals surface area contributed by atoms with Crippen LogP contribution in [0.1, 0.15) is 46.7 Å². The van der Waals surface area contributed by atoms with E-state index in [1.54, 1.807) is 0 Å². The smallest absolute Gasteiger partial charge is 0.104 e. The number of epoxide rings is 2. The molecule has 6 aromatic rings. The van der Waals surface area contributed by atoms with Gasteiger partial charge < -0.3 is 29.2 Å². The lowest BCUT2D eigenvalue weighted by Crippen LogP contribution is -2.17. The third kappa shape index (κ3) is 20.7. The zero-order valence-corrected chi connectivity index (χ0v) is 39.5. The zero-order chi connectivity index (χ0) is 46.1. The average Bonchev–Trinajstić information content (AvgIpc) is 4.30. The maximum Gasteiger partial charge on any atom is 0.104 e. The summed E-state index contributed by atoms with van der Waals surface area (Å²) in [5.74, 6) is 0.168. The molecule has 2 aliphatic rings. The van der Waals surface area contributed by atoms with Crippen LogP contribution in [0.2, 0.25) is 15.1 Å². The molecule has 2 aliphatic heterocycles. The van der Waals surface area contributed by atoms with Gasteiger partial charge in [-0.25, -0.2) is 0 Å². The van der Waals surface area contributed by atoms with E-state index < -0.39 is 6.10 Å². The maximum absolute atomic E-state index is 9.47. The first kappa shape index (κ1) is 51.4. The fourth-order valence-electron chi connectivity index (χ4n) is 5.99. The normalized spacial score (nSPS) is 15.8. The Hall–Kier alpha value is -4.54. The molecule has 10 heteroatoms. The summed E-state index contributed by atoms with van der Waals surface area (Å²) in [6.07, 6.45) is 7.63. The third-order valence-electron chi connectivity index (χ3n) is 9.80. The Morgan fingerprint density at radius 3 is 1.23 bits per heavy atom. The number of aliphatic hydroxyl groups excluding tert-OH is 2. The van der Waals surface area contributed by atoms with Gasteiger partial charge in [0.2, 0.25) is 0 Å². The highest BCUT2D eigenvalue weighted by atomic mass is 35.5. The Morgan fingerprint density at radius 2 is 0.908 bits per heavy atom. The molecule has 0 bridgehead atoms. The summed E-state index contributed by atoms with van der Waals surface area (Å²) < 4.78 is 21.3. The standard InChI is InChI=1S/C18H18Cl2O2.C18H17ClO2.C15H13ClO.C4H8O/c19-11-18(21)13-22-12-16(15-4-2-1-3-5-15)10-14-6-8-17(20)9-7-14;19-17-8-6-14(7-9-17)10-16(11-20-12-18-13-21-18)15-4-2-1-3-5-15;16-15-8-6-12(7-9-15)10-14(11-17)13-4-2-1-3-5-13;1-2-4-3-5-4/h1-10,18,21H,11-13H2;1-10,18H,11-13H2;1-10,17H,11H2;4H,2-3H2,1H3/b2*16-10-;14-10-;/t2*18-;;4-/m10.0/s1. The number of alkyl halides is 1. The molecule has 0 amide bonds. The van der Waals surface area contributed by atoms with Crippen molar-refractivity contribution in [2.75, 3.05) is 52.1 Å². The molecule has 0 radical (unpaired) electrons. The Morgan fingerprint density at radius 1 is 0.554 bits per heavy atom. The lowest BCUT2D eigenvalue weighted by Gasteiger charge is -2.12. The van der Waals surface area contributed by atoms with Crippen molar-refractivity contribution < 1.29 is 29.2 Å². The summed E-state index contributed by atoms with van der Waals surface area (Å²) in [6, 6.07) is 53.1. The molecule has 0 spiro atoms. The minimum absolute atomic E-state index is 0.0205. The number of rotatable bonds is 17. The van der Waals surface area contributed by atoms with Gasteiger partial charge in [0.05, 0.1) is 64.3 Å². The Bertz CT molecular complexity index is 2310. The van der Waals surface area contributed by atoms with E-state index in [1.807, 2.05) is 158 Å². The number of hydrogen-bond acceptors (Lipinski definition) is 6. The first-order valence-electron chi connectivity index (χ1n) is 21.5. The number of benzene rings is 6. The average molecular weight is 955 g/mol. The molecule has 3 atom stereocenters. The van der Waals surface area contributed by atoms with Crippen LogP contribution in [0.25, 0.3) is 34.9 Å². The van der Waals surface area contributed by atoms with Crippen molar-refractivity contribution >= 4 is 81.4 Å². The Labute approximate surface area is 404 Å². The first-order valence-corrected chi connectivity index (χ1v) is 23.2. The zero-order valence-electron chi connectivity index (χ0n) is 36.5. The number of ether oxygens (including phenoxy) is 4. The quantitative estimate of drug-likeness (QED) is 0.0538. The summed E-state index contributed by atoms with van der Waals surface area (Å²) in [5, 5.41) is 21.0. The molecule has 340 valence electrons. The van der Waals surface area contributed by atoms with Crippen LogP contribution in [0, 0.1) is 0 Å².